The minimum atomic E-state index is -1.86. The summed E-state index contributed by atoms with van der Waals surface area (Å²) in [5.41, 5.74) is -1.45. The number of hydrogen-bond donors (Lipinski definition) is 2. The molecular formula is C45H64N2O12. The number of rotatable bonds is 7. The Labute approximate surface area is 348 Å². The smallest absolute Gasteiger partial charge is 0.322 e. The number of aliphatic hydroxyl groups is 2. The molecule has 0 aromatic rings. The summed E-state index contributed by atoms with van der Waals surface area (Å²) in [5, 5.41) is 35.3. The van der Waals surface area contributed by atoms with Crippen molar-refractivity contribution in [3.8, 4) is 6.07 Å². The lowest BCUT2D eigenvalue weighted by molar-refractivity contribution is -0.302. The van der Waals surface area contributed by atoms with Gasteiger partial charge in [0.1, 0.15) is 29.8 Å². The summed E-state index contributed by atoms with van der Waals surface area (Å²) in [7, 11) is 3.01. The van der Waals surface area contributed by atoms with Gasteiger partial charge in [-0.3, -0.25) is 9.59 Å². The zero-order valence-electron chi connectivity index (χ0n) is 36.2. The van der Waals surface area contributed by atoms with Gasteiger partial charge in [0.2, 0.25) is 0 Å². The molecule has 3 fully saturated rings. The highest BCUT2D eigenvalue weighted by Gasteiger charge is 2.60. The molecule has 14 heteroatoms. The number of hydroxylamine groups is 2. The first-order chi connectivity index (χ1) is 27.9. The molecule has 0 amide bonds. The molecule has 0 radical (unpaired) electrons. The summed E-state index contributed by atoms with van der Waals surface area (Å²) in [4.78, 5) is 31.6. The van der Waals surface area contributed by atoms with Crippen molar-refractivity contribution in [3.63, 3.8) is 0 Å². The van der Waals surface area contributed by atoms with Crippen molar-refractivity contribution in [1.82, 2.24) is 5.06 Å². The number of fused-ring (bicyclic) bond motifs is 2. The number of allylic oxidation sites excluding steroid dienone is 2. The Bertz CT molecular complexity index is 1770. The number of aliphatic hydroxyl groups excluding tert-OH is 1. The molecular weight excluding hydrogens is 760 g/mol. The molecule has 6 aliphatic rings. The van der Waals surface area contributed by atoms with Crippen LogP contribution in [0.3, 0.4) is 0 Å². The molecule has 59 heavy (non-hydrogen) atoms. The van der Waals surface area contributed by atoms with E-state index < -0.39 is 83.8 Å². The van der Waals surface area contributed by atoms with Crippen LogP contribution in [0.5, 0.6) is 0 Å². The molecule has 1 spiro atoms. The van der Waals surface area contributed by atoms with Gasteiger partial charge in [-0.1, -0.05) is 70.6 Å². The molecule has 14 nitrogen and oxygen atoms in total. The van der Waals surface area contributed by atoms with Gasteiger partial charge in [0.25, 0.3) is 0 Å². The maximum atomic E-state index is 14.3. The summed E-state index contributed by atoms with van der Waals surface area (Å²) in [6, 6.07) is 2.29. The Kier molecular flexibility index (Phi) is 13.8. The first-order valence-electron chi connectivity index (χ1n) is 21.1. The third kappa shape index (κ3) is 8.65. The maximum absolute atomic E-state index is 14.3. The quantitative estimate of drug-likeness (QED) is 0.196. The molecule has 2 bridgehead atoms. The Morgan fingerprint density at radius 1 is 1.12 bits per heavy atom. The first kappa shape index (κ1) is 45.3. The molecule has 1 aliphatic carbocycles. The molecule has 6 rings (SSSR count). The van der Waals surface area contributed by atoms with Crippen LogP contribution in [0, 0.1) is 35.0 Å². The molecule has 0 aromatic heterocycles. The fourth-order valence-electron chi connectivity index (χ4n) is 9.87. The van der Waals surface area contributed by atoms with E-state index in [1.54, 1.807) is 32.1 Å². The summed E-state index contributed by atoms with van der Waals surface area (Å²) in [5.74, 6) is -3.31. The highest BCUT2D eigenvalue weighted by atomic mass is 16.7. The van der Waals surface area contributed by atoms with Crippen LogP contribution in [-0.4, -0.2) is 120 Å². The van der Waals surface area contributed by atoms with E-state index in [0.717, 1.165) is 12.0 Å². The van der Waals surface area contributed by atoms with Crippen molar-refractivity contribution >= 4 is 11.9 Å². The van der Waals surface area contributed by atoms with Gasteiger partial charge in [0.05, 0.1) is 43.2 Å². The Morgan fingerprint density at radius 2 is 1.86 bits per heavy atom. The number of nitrogens with zero attached hydrogens (tertiary/aromatic N) is 2. The number of nitriles is 1. The van der Waals surface area contributed by atoms with Crippen molar-refractivity contribution in [3.05, 3.63) is 59.3 Å². The van der Waals surface area contributed by atoms with Crippen LogP contribution in [-0.2, 0) is 47.6 Å². The van der Waals surface area contributed by atoms with Crippen molar-refractivity contribution in [1.29, 1.82) is 5.26 Å². The van der Waals surface area contributed by atoms with Gasteiger partial charge in [-0.25, -0.2) is 0 Å². The molecule has 0 aromatic carbocycles. The van der Waals surface area contributed by atoms with E-state index in [9.17, 15) is 25.1 Å². The van der Waals surface area contributed by atoms with Crippen LogP contribution in [0.4, 0.5) is 0 Å². The average Bonchev–Trinajstić information content (AvgIpc) is 3.53. The van der Waals surface area contributed by atoms with Gasteiger partial charge in [0, 0.05) is 52.2 Å². The second kappa shape index (κ2) is 18.0. The van der Waals surface area contributed by atoms with Crippen LogP contribution in [0.2, 0.25) is 0 Å². The second-order valence-electron chi connectivity index (χ2n) is 17.5. The van der Waals surface area contributed by atoms with Gasteiger partial charge in [-0.15, -0.1) is 5.06 Å². The summed E-state index contributed by atoms with van der Waals surface area (Å²) >= 11 is 0. The zero-order chi connectivity index (χ0) is 43.0. The standard InChI is InChI=1S/C45H64N2O12/c1-11-25(2)40-28(5)17-18-43(58-40)22-34-20-33(57-43)16-15-27(4)39(56-37-21-36(52-10)44(24-46,30(7)54-37)47(9)59-31(8)48)26(3)13-12-14-32-23-53-41-38(49)29(6)19-35(42(50)55-34)45(32,41)51/h12-15,17-19,25-26,28,30,33-41,49,51H,11,16,20-23H2,1-10H3/t25?,26-,28-,30-,33+,34-,35-,36-,37-,38+,39-,40+,41?,43+,44+,45+/m0/s1. The van der Waals surface area contributed by atoms with Gasteiger partial charge in [-0.2, -0.15) is 5.26 Å². The predicted molar refractivity (Wildman–Crippen MR) is 215 cm³/mol. The van der Waals surface area contributed by atoms with Crippen LogP contribution >= 0.6 is 0 Å². The average molecular weight is 825 g/mol. The topological polar surface area (TPSA) is 175 Å². The van der Waals surface area contributed by atoms with E-state index in [1.807, 2.05) is 26.0 Å². The number of hydrogen-bond acceptors (Lipinski definition) is 14. The lowest BCUT2D eigenvalue weighted by Crippen LogP contribution is -2.66. The van der Waals surface area contributed by atoms with E-state index in [1.165, 1.54) is 26.1 Å². The lowest BCUT2D eigenvalue weighted by atomic mass is 9.71. The number of carbonyl (C=O) groups is 2. The van der Waals surface area contributed by atoms with Crippen LogP contribution < -0.4 is 0 Å². The summed E-state index contributed by atoms with van der Waals surface area (Å²) in [6.07, 6.45) is 9.21. The van der Waals surface area contributed by atoms with Crippen molar-refractivity contribution in [2.75, 3.05) is 20.8 Å². The predicted octanol–water partition coefficient (Wildman–Crippen LogP) is 5.15. The summed E-state index contributed by atoms with van der Waals surface area (Å²) < 4.78 is 45.2. The minimum absolute atomic E-state index is 0.00558. The molecule has 2 N–H and O–H groups in total. The molecule has 16 atom stereocenters. The SMILES string of the molecule is CCC(C)[C@H]1O[C@]2(C=C[C@@H]1C)C[C@@H]1C[C@@H](CC=C(C)[C@@H](O[C@H]3C[C@H](OC)[C@](C#N)(N(C)OC(C)=O)[C@H](C)O3)[C@@H](C)C=CC=C3COC4[C@H](O)C(C)=C[C@@H](C(=O)O1)[C@]34O)O2. The van der Waals surface area contributed by atoms with Gasteiger partial charge < -0.3 is 48.2 Å². The number of methoxy groups -OCH3 is 1. The molecule has 2 unspecified atom stereocenters. The molecule has 5 heterocycles. The maximum Gasteiger partial charge on any atom is 0.322 e. The fraction of sp³-hybridized carbons (Fsp3) is 0.711. The highest BCUT2D eigenvalue weighted by molar-refractivity contribution is 5.78. The van der Waals surface area contributed by atoms with Crippen LogP contribution in [0.1, 0.15) is 87.5 Å². The van der Waals surface area contributed by atoms with Crippen LogP contribution in [0.25, 0.3) is 0 Å². The monoisotopic (exact) mass is 824 g/mol. The number of likely N-dealkylation sites (N-methyl/N-ethyl adjacent to an activating group) is 1. The Morgan fingerprint density at radius 3 is 2.54 bits per heavy atom. The van der Waals surface area contributed by atoms with Crippen molar-refractivity contribution < 1.29 is 57.8 Å². The molecule has 3 saturated heterocycles. The van der Waals surface area contributed by atoms with Gasteiger partial charge >= 0.3 is 11.9 Å². The normalized spacial score (nSPS) is 43.2. The van der Waals surface area contributed by atoms with Gasteiger partial charge in [0.15, 0.2) is 17.6 Å². The lowest BCUT2D eigenvalue weighted by Gasteiger charge is -2.48. The molecule has 5 aliphatic heterocycles. The number of esters is 1. The van der Waals surface area contributed by atoms with E-state index in [2.05, 4.69) is 39.0 Å². The van der Waals surface area contributed by atoms with E-state index in [0.29, 0.717) is 24.0 Å². The number of carbonyl (C=O) groups excluding carboxylic acids is 2. The van der Waals surface area contributed by atoms with E-state index >= 15 is 0 Å². The van der Waals surface area contributed by atoms with Crippen LogP contribution in [0.15, 0.2) is 59.3 Å². The second-order valence-corrected chi connectivity index (χ2v) is 17.5. The third-order valence-electron chi connectivity index (χ3n) is 13.4. The highest BCUT2D eigenvalue weighted by Crippen LogP contribution is 2.47. The third-order valence-corrected chi connectivity index (χ3v) is 13.4. The molecule has 326 valence electrons. The molecule has 0 saturated carbocycles. The summed E-state index contributed by atoms with van der Waals surface area (Å²) in [6.45, 7) is 15.1. The zero-order valence-corrected chi connectivity index (χ0v) is 36.2. The first-order valence-corrected chi connectivity index (χ1v) is 21.1. The van der Waals surface area contributed by atoms with Gasteiger partial charge in [-0.05, 0) is 55.9 Å². The van der Waals surface area contributed by atoms with E-state index in [4.69, 9.17) is 38.0 Å². The Hall–Kier alpha value is -3.23. The van der Waals surface area contributed by atoms with Crippen molar-refractivity contribution in [2.24, 2.45) is 23.7 Å². The fourth-order valence-corrected chi connectivity index (χ4v) is 9.87. The van der Waals surface area contributed by atoms with Crippen molar-refractivity contribution in [2.45, 2.75) is 160 Å². The Balaban J connectivity index is 1.37. The minimum Gasteiger partial charge on any atom is -0.462 e. The van der Waals surface area contributed by atoms with E-state index in [-0.39, 0.29) is 43.3 Å². The number of ether oxygens (including phenoxy) is 7. The largest absolute Gasteiger partial charge is 0.462 e.